The third kappa shape index (κ3) is 3.00. The van der Waals surface area contributed by atoms with Gasteiger partial charge in [0.15, 0.2) is 0 Å². The predicted octanol–water partition coefficient (Wildman–Crippen LogP) is 3.24. The van der Waals surface area contributed by atoms with Crippen LogP contribution in [0.2, 0.25) is 0 Å². The summed E-state index contributed by atoms with van der Waals surface area (Å²) in [6.45, 7) is 6.91. The molecule has 0 radical (unpaired) electrons. The van der Waals surface area contributed by atoms with Crippen molar-refractivity contribution in [2.24, 2.45) is 11.3 Å². The molecule has 98 valence electrons. The minimum Gasteiger partial charge on any atom is -0.383 e. The first-order valence-corrected chi connectivity index (χ1v) is 6.19. The molecule has 0 aliphatic carbocycles. The molecule has 1 aromatic rings. The van der Waals surface area contributed by atoms with Crippen LogP contribution in [0.25, 0.3) is 0 Å². The van der Waals surface area contributed by atoms with Crippen molar-refractivity contribution in [3.63, 3.8) is 0 Å². The zero-order chi connectivity index (χ0) is 13.3. The summed E-state index contributed by atoms with van der Waals surface area (Å²) < 4.78 is 13.1. The van der Waals surface area contributed by atoms with Gasteiger partial charge in [0, 0.05) is 6.54 Å². The lowest BCUT2D eigenvalue weighted by Gasteiger charge is -2.23. The van der Waals surface area contributed by atoms with Crippen LogP contribution in [0, 0.1) is 17.2 Å². The summed E-state index contributed by atoms with van der Waals surface area (Å²) >= 11 is 0. The van der Waals surface area contributed by atoms with Crippen LogP contribution >= 0.6 is 0 Å². The van der Waals surface area contributed by atoms with Crippen LogP contribution in [0.15, 0.2) is 18.2 Å². The van der Waals surface area contributed by atoms with Crippen molar-refractivity contribution in [2.75, 3.05) is 17.2 Å². The van der Waals surface area contributed by atoms with Gasteiger partial charge in [-0.25, -0.2) is 4.39 Å². The standard InChI is InChI=1S/C14H19FN2O/c1-14(2,3)7-9-8-16-11-5-4-10(15)6-12(11)17-13(9)18/h4-6,9,16H,7-8H2,1-3H3,(H,17,18). The molecule has 2 rings (SSSR count). The Bertz CT molecular complexity index is 465. The van der Waals surface area contributed by atoms with Crippen molar-refractivity contribution >= 4 is 17.3 Å². The van der Waals surface area contributed by atoms with Gasteiger partial charge in [-0.2, -0.15) is 0 Å². The first kappa shape index (κ1) is 12.9. The highest BCUT2D eigenvalue weighted by molar-refractivity contribution is 5.97. The van der Waals surface area contributed by atoms with Gasteiger partial charge in [-0.1, -0.05) is 20.8 Å². The van der Waals surface area contributed by atoms with E-state index in [2.05, 4.69) is 31.4 Å². The maximum atomic E-state index is 13.1. The van der Waals surface area contributed by atoms with Gasteiger partial charge in [-0.3, -0.25) is 4.79 Å². The zero-order valence-electron chi connectivity index (χ0n) is 11.0. The second-order valence-electron chi connectivity index (χ2n) is 6.02. The van der Waals surface area contributed by atoms with E-state index in [1.54, 1.807) is 6.07 Å². The third-order valence-electron chi connectivity index (χ3n) is 3.01. The van der Waals surface area contributed by atoms with Crippen molar-refractivity contribution in [1.82, 2.24) is 0 Å². The van der Waals surface area contributed by atoms with Crippen molar-refractivity contribution in [3.05, 3.63) is 24.0 Å². The van der Waals surface area contributed by atoms with E-state index < -0.39 is 0 Å². The van der Waals surface area contributed by atoms with Crippen molar-refractivity contribution < 1.29 is 9.18 Å². The molecule has 3 nitrogen and oxygen atoms in total. The Morgan fingerprint density at radius 1 is 1.33 bits per heavy atom. The van der Waals surface area contributed by atoms with E-state index in [1.807, 2.05) is 0 Å². The topological polar surface area (TPSA) is 41.1 Å². The van der Waals surface area contributed by atoms with Crippen LogP contribution in [0.4, 0.5) is 15.8 Å². The molecule has 1 aromatic carbocycles. The van der Waals surface area contributed by atoms with Gasteiger partial charge in [0.05, 0.1) is 17.3 Å². The lowest BCUT2D eigenvalue weighted by Crippen LogP contribution is -2.29. The summed E-state index contributed by atoms with van der Waals surface area (Å²) in [4.78, 5) is 12.1. The van der Waals surface area contributed by atoms with Gasteiger partial charge in [0.2, 0.25) is 5.91 Å². The molecule has 2 N–H and O–H groups in total. The van der Waals surface area contributed by atoms with E-state index in [1.165, 1.54) is 12.1 Å². The molecule has 1 heterocycles. The van der Waals surface area contributed by atoms with E-state index in [0.29, 0.717) is 12.2 Å². The third-order valence-corrected chi connectivity index (χ3v) is 3.01. The first-order valence-electron chi connectivity index (χ1n) is 6.19. The number of nitrogens with one attached hydrogen (secondary N) is 2. The minimum absolute atomic E-state index is 0.0400. The smallest absolute Gasteiger partial charge is 0.229 e. The molecule has 0 spiro atoms. The van der Waals surface area contributed by atoms with E-state index >= 15 is 0 Å². The van der Waals surface area contributed by atoms with Gasteiger partial charge < -0.3 is 10.6 Å². The second-order valence-corrected chi connectivity index (χ2v) is 6.02. The van der Waals surface area contributed by atoms with E-state index in [0.717, 1.165) is 12.1 Å². The van der Waals surface area contributed by atoms with Gasteiger partial charge in [-0.15, -0.1) is 0 Å². The lowest BCUT2D eigenvalue weighted by molar-refractivity contribution is -0.120. The number of rotatable bonds is 1. The Morgan fingerprint density at radius 3 is 2.72 bits per heavy atom. The number of benzene rings is 1. The average molecular weight is 250 g/mol. The first-order chi connectivity index (χ1) is 8.35. The van der Waals surface area contributed by atoms with Gasteiger partial charge in [-0.05, 0) is 30.0 Å². The number of anilines is 2. The molecule has 18 heavy (non-hydrogen) atoms. The Morgan fingerprint density at radius 2 is 2.06 bits per heavy atom. The summed E-state index contributed by atoms with van der Waals surface area (Å²) in [7, 11) is 0. The fourth-order valence-electron chi connectivity index (χ4n) is 2.24. The van der Waals surface area contributed by atoms with Crippen LogP contribution in [-0.4, -0.2) is 12.5 Å². The van der Waals surface area contributed by atoms with E-state index in [-0.39, 0.29) is 23.1 Å². The molecule has 1 amide bonds. The zero-order valence-corrected chi connectivity index (χ0v) is 11.0. The lowest BCUT2D eigenvalue weighted by atomic mass is 9.84. The Hall–Kier alpha value is -1.58. The molecule has 0 saturated heterocycles. The number of hydrogen-bond acceptors (Lipinski definition) is 2. The predicted molar refractivity (Wildman–Crippen MR) is 71.1 cm³/mol. The second kappa shape index (κ2) is 4.59. The molecule has 0 bridgehead atoms. The molecule has 1 aliphatic rings. The number of carbonyl (C=O) groups is 1. The highest BCUT2D eigenvalue weighted by atomic mass is 19.1. The summed E-state index contributed by atoms with van der Waals surface area (Å²) in [6.07, 6.45) is 0.794. The number of hydrogen-bond donors (Lipinski definition) is 2. The summed E-state index contributed by atoms with van der Waals surface area (Å²) in [5.74, 6) is -0.479. The van der Waals surface area contributed by atoms with Gasteiger partial charge in [0.1, 0.15) is 5.82 Å². The number of halogens is 1. The molecule has 0 fully saturated rings. The van der Waals surface area contributed by atoms with Gasteiger partial charge >= 0.3 is 0 Å². The highest BCUT2D eigenvalue weighted by Crippen LogP contribution is 2.30. The van der Waals surface area contributed by atoms with Crippen LogP contribution < -0.4 is 10.6 Å². The van der Waals surface area contributed by atoms with Crippen LogP contribution in [0.1, 0.15) is 27.2 Å². The van der Waals surface area contributed by atoms with Crippen molar-refractivity contribution in [1.29, 1.82) is 0 Å². The van der Waals surface area contributed by atoms with Crippen molar-refractivity contribution in [2.45, 2.75) is 27.2 Å². The maximum Gasteiger partial charge on any atom is 0.229 e. The van der Waals surface area contributed by atoms with Crippen LogP contribution in [-0.2, 0) is 4.79 Å². The molecule has 1 atom stereocenters. The van der Waals surface area contributed by atoms with E-state index in [4.69, 9.17) is 0 Å². The Balaban J connectivity index is 2.19. The Kier molecular flexibility index (Phi) is 3.28. The highest BCUT2D eigenvalue weighted by Gasteiger charge is 2.27. The summed E-state index contributed by atoms with van der Waals surface area (Å²) in [5, 5.41) is 6.00. The monoisotopic (exact) mass is 250 g/mol. The molecule has 4 heteroatoms. The Labute approximate surface area is 107 Å². The van der Waals surface area contributed by atoms with Crippen LogP contribution in [0.3, 0.4) is 0 Å². The number of carbonyl (C=O) groups excluding carboxylic acids is 1. The minimum atomic E-state index is -0.342. The summed E-state index contributed by atoms with van der Waals surface area (Å²) in [6, 6.07) is 4.40. The van der Waals surface area contributed by atoms with Gasteiger partial charge in [0.25, 0.3) is 0 Å². The molecule has 1 aliphatic heterocycles. The van der Waals surface area contributed by atoms with Crippen molar-refractivity contribution in [3.8, 4) is 0 Å². The fraction of sp³-hybridized carbons (Fsp3) is 0.500. The molecule has 0 aromatic heterocycles. The quantitative estimate of drug-likeness (QED) is 0.803. The number of fused-ring (bicyclic) bond motifs is 1. The van der Waals surface area contributed by atoms with E-state index in [9.17, 15) is 9.18 Å². The maximum absolute atomic E-state index is 13.1. The summed E-state index contributed by atoms with van der Waals surface area (Å²) in [5.41, 5.74) is 1.39. The molecular weight excluding hydrogens is 231 g/mol. The van der Waals surface area contributed by atoms with Crippen LogP contribution in [0.5, 0.6) is 0 Å². The molecular formula is C14H19FN2O. The largest absolute Gasteiger partial charge is 0.383 e. The fourth-order valence-corrected chi connectivity index (χ4v) is 2.24. The molecule has 0 saturated carbocycles. The number of amides is 1. The normalized spacial score (nSPS) is 19.6. The molecule has 1 unspecified atom stereocenters. The SMILES string of the molecule is CC(C)(C)CC1CNc2ccc(F)cc2NC1=O. The average Bonchev–Trinajstić information content (AvgIpc) is 2.37.